The Labute approximate surface area is 122 Å². The van der Waals surface area contributed by atoms with E-state index < -0.39 is 11.9 Å². The van der Waals surface area contributed by atoms with Crippen LogP contribution in [0.15, 0.2) is 35.2 Å². The van der Waals surface area contributed by atoms with E-state index in [-0.39, 0.29) is 23.6 Å². The molecule has 1 aromatic heterocycles. The van der Waals surface area contributed by atoms with E-state index in [1.54, 1.807) is 38.0 Å². The summed E-state index contributed by atoms with van der Waals surface area (Å²) in [5.41, 5.74) is 6.91. The maximum atomic E-state index is 12.2. The van der Waals surface area contributed by atoms with Crippen molar-refractivity contribution in [3.05, 3.63) is 40.7 Å². The number of esters is 1. The average Bonchev–Trinajstić information content (AvgIpc) is 2.84. The number of rotatable bonds is 3. The first-order valence-electron chi connectivity index (χ1n) is 6.43. The predicted octanol–water partition coefficient (Wildman–Crippen LogP) is 1.06. The van der Waals surface area contributed by atoms with Gasteiger partial charge in [-0.3, -0.25) is 4.68 Å². The van der Waals surface area contributed by atoms with Crippen LogP contribution < -0.4 is 5.73 Å². The number of aromatic nitrogens is 2. The predicted molar refractivity (Wildman–Crippen MR) is 73.2 cm³/mol. The SMILES string of the molecule is CCOC(=O)C1=C(C)OC(N)=C(C#N)C1c1cnn(C)c1. The molecule has 1 aliphatic heterocycles. The Morgan fingerprint density at radius 1 is 1.67 bits per heavy atom. The fourth-order valence-electron chi connectivity index (χ4n) is 2.28. The summed E-state index contributed by atoms with van der Waals surface area (Å²) in [7, 11) is 1.75. The van der Waals surface area contributed by atoms with Crippen molar-refractivity contribution in [2.24, 2.45) is 12.8 Å². The van der Waals surface area contributed by atoms with E-state index in [0.717, 1.165) is 0 Å². The molecule has 0 radical (unpaired) electrons. The molecule has 0 bridgehead atoms. The highest BCUT2D eigenvalue weighted by atomic mass is 16.5. The summed E-state index contributed by atoms with van der Waals surface area (Å²) in [6, 6.07) is 2.01. The number of hydrogen-bond donors (Lipinski definition) is 1. The minimum atomic E-state index is -0.628. The van der Waals surface area contributed by atoms with Crippen molar-refractivity contribution in [3.63, 3.8) is 0 Å². The molecule has 21 heavy (non-hydrogen) atoms. The molecule has 2 rings (SSSR count). The van der Waals surface area contributed by atoms with Crippen molar-refractivity contribution >= 4 is 5.97 Å². The Morgan fingerprint density at radius 3 is 2.90 bits per heavy atom. The Bertz CT molecular complexity index is 679. The van der Waals surface area contributed by atoms with Crippen molar-refractivity contribution < 1.29 is 14.3 Å². The third-order valence-electron chi connectivity index (χ3n) is 3.16. The largest absolute Gasteiger partial charge is 0.463 e. The molecule has 2 N–H and O–H groups in total. The second-order valence-corrected chi connectivity index (χ2v) is 4.56. The van der Waals surface area contributed by atoms with Crippen molar-refractivity contribution in [2.75, 3.05) is 6.61 Å². The second-order valence-electron chi connectivity index (χ2n) is 4.56. The van der Waals surface area contributed by atoms with Crippen molar-refractivity contribution in [1.29, 1.82) is 5.26 Å². The molecule has 1 aromatic rings. The van der Waals surface area contributed by atoms with Gasteiger partial charge >= 0.3 is 5.97 Å². The summed E-state index contributed by atoms with van der Waals surface area (Å²) in [5.74, 6) is -0.823. The van der Waals surface area contributed by atoms with Crippen molar-refractivity contribution in [1.82, 2.24) is 9.78 Å². The molecule has 110 valence electrons. The summed E-state index contributed by atoms with van der Waals surface area (Å²) in [5, 5.41) is 13.4. The number of carbonyl (C=O) groups is 1. The standard InChI is InChI=1S/C14H16N4O3/c1-4-20-14(19)11-8(2)21-13(16)10(5-15)12(11)9-6-17-18(3)7-9/h6-7,12H,4,16H2,1-3H3. The number of ether oxygens (including phenoxy) is 2. The van der Waals surface area contributed by atoms with Gasteiger partial charge in [0.15, 0.2) is 0 Å². The third kappa shape index (κ3) is 2.60. The molecule has 2 heterocycles. The highest BCUT2D eigenvalue weighted by Gasteiger charge is 2.36. The average molecular weight is 288 g/mol. The van der Waals surface area contributed by atoms with Crippen LogP contribution in [0.3, 0.4) is 0 Å². The first-order valence-corrected chi connectivity index (χ1v) is 6.43. The fourth-order valence-corrected chi connectivity index (χ4v) is 2.28. The van der Waals surface area contributed by atoms with Crippen LogP contribution in [0.5, 0.6) is 0 Å². The number of nitrogens with zero attached hydrogens (tertiary/aromatic N) is 3. The Morgan fingerprint density at radius 2 is 2.38 bits per heavy atom. The number of allylic oxidation sites excluding steroid dienone is 2. The lowest BCUT2D eigenvalue weighted by Crippen LogP contribution is -2.25. The Kier molecular flexibility index (Phi) is 3.98. The fraction of sp³-hybridized carbons (Fsp3) is 0.357. The van der Waals surface area contributed by atoms with Gasteiger partial charge in [-0.05, 0) is 13.8 Å². The monoisotopic (exact) mass is 288 g/mol. The topological polar surface area (TPSA) is 103 Å². The minimum absolute atomic E-state index is 0.00287. The summed E-state index contributed by atoms with van der Waals surface area (Å²) >= 11 is 0. The highest BCUT2D eigenvalue weighted by Crippen LogP contribution is 2.39. The molecule has 1 aliphatic rings. The normalized spacial score (nSPS) is 18.3. The van der Waals surface area contributed by atoms with Crippen LogP contribution in [-0.2, 0) is 21.3 Å². The minimum Gasteiger partial charge on any atom is -0.463 e. The molecule has 0 spiro atoms. The third-order valence-corrected chi connectivity index (χ3v) is 3.16. The molecular formula is C14H16N4O3. The van der Waals surface area contributed by atoms with Gasteiger partial charge < -0.3 is 15.2 Å². The van der Waals surface area contributed by atoms with Crippen LogP contribution in [0.1, 0.15) is 25.3 Å². The van der Waals surface area contributed by atoms with E-state index >= 15 is 0 Å². The van der Waals surface area contributed by atoms with Gasteiger partial charge in [-0.25, -0.2) is 4.79 Å². The molecular weight excluding hydrogens is 272 g/mol. The molecule has 0 saturated heterocycles. The zero-order chi connectivity index (χ0) is 15.6. The maximum Gasteiger partial charge on any atom is 0.338 e. The van der Waals surface area contributed by atoms with Crippen molar-refractivity contribution in [3.8, 4) is 6.07 Å². The zero-order valence-electron chi connectivity index (χ0n) is 12.1. The first kappa shape index (κ1) is 14.7. The lowest BCUT2D eigenvalue weighted by atomic mass is 9.84. The van der Waals surface area contributed by atoms with Gasteiger partial charge in [0, 0.05) is 18.8 Å². The van der Waals surface area contributed by atoms with Crippen LogP contribution in [0.2, 0.25) is 0 Å². The Hall–Kier alpha value is -2.75. The summed E-state index contributed by atoms with van der Waals surface area (Å²) in [4.78, 5) is 12.2. The van der Waals surface area contributed by atoms with Crippen LogP contribution in [0, 0.1) is 11.3 Å². The molecule has 0 fully saturated rings. The van der Waals surface area contributed by atoms with E-state index in [2.05, 4.69) is 5.10 Å². The molecule has 0 amide bonds. The van der Waals surface area contributed by atoms with Gasteiger partial charge in [0.1, 0.15) is 17.4 Å². The van der Waals surface area contributed by atoms with Crippen molar-refractivity contribution in [2.45, 2.75) is 19.8 Å². The van der Waals surface area contributed by atoms with Gasteiger partial charge in [0.25, 0.3) is 0 Å². The van der Waals surface area contributed by atoms with Crippen LogP contribution in [0.4, 0.5) is 0 Å². The number of hydrogen-bond acceptors (Lipinski definition) is 6. The second kappa shape index (κ2) is 5.71. The number of nitriles is 1. The quantitative estimate of drug-likeness (QED) is 0.834. The van der Waals surface area contributed by atoms with E-state index in [4.69, 9.17) is 15.2 Å². The van der Waals surface area contributed by atoms with Crippen LogP contribution in [0.25, 0.3) is 0 Å². The number of carbonyl (C=O) groups excluding carboxylic acids is 1. The number of aryl methyl sites for hydroxylation is 1. The van der Waals surface area contributed by atoms with Gasteiger partial charge in [0.05, 0.1) is 24.3 Å². The van der Waals surface area contributed by atoms with Crippen LogP contribution in [-0.4, -0.2) is 22.4 Å². The first-order chi connectivity index (χ1) is 9.99. The molecule has 7 nitrogen and oxygen atoms in total. The summed E-state index contributed by atoms with van der Waals surface area (Å²) < 4.78 is 12.0. The van der Waals surface area contributed by atoms with Gasteiger partial charge in [-0.15, -0.1) is 0 Å². The molecule has 7 heteroatoms. The van der Waals surface area contributed by atoms with E-state index in [1.807, 2.05) is 6.07 Å². The lowest BCUT2D eigenvalue weighted by molar-refractivity contribution is -0.139. The molecule has 0 aliphatic carbocycles. The lowest BCUT2D eigenvalue weighted by Gasteiger charge is -2.25. The Balaban J connectivity index is 2.57. The van der Waals surface area contributed by atoms with Gasteiger partial charge in [-0.1, -0.05) is 0 Å². The van der Waals surface area contributed by atoms with E-state index in [1.165, 1.54) is 0 Å². The smallest absolute Gasteiger partial charge is 0.338 e. The zero-order valence-corrected chi connectivity index (χ0v) is 12.1. The maximum absolute atomic E-state index is 12.2. The number of nitrogens with two attached hydrogens (primary N) is 1. The highest BCUT2D eigenvalue weighted by molar-refractivity contribution is 5.92. The summed E-state index contributed by atoms with van der Waals surface area (Å²) in [6.07, 6.45) is 3.32. The van der Waals surface area contributed by atoms with Gasteiger partial charge in [0.2, 0.25) is 5.88 Å². The van der Waals surface area contributed by atoms with E-state index in [0.29, 0.717) is 11.3 Å². The molecule has 0 aromatic carbocycles. The van der Waals surface area contributed by atoms with Crippen LogP contribution >= 0.6 is 0 Å². The molecule has 0 saturated carbocycles. The molecule has 1 atom stereocenters. The van der Waals surface area contributed by atoms with Gasteiger partial charge in [-0.2, -0.15) is 10.4 Å². The van der Waals surface area contributed by atoms with E-state index in [9.17, 15) is 10.1 Å². The molecule has 1 unspecified atom stereocenters. The summed E-state index contributed by atoms with van der Waals surface area (Å²) in [6.45, 7) is 3.57.